The molecule has 216 valence electrons. The van der Waals surface area contributed by atoms with Crippen molar-refractivity contribution >= 4 is 52.9 Å². The molecule has 0 aromatic heterocycles. The number of aromatic carboxylic acids is 1. The van der Waals surface area contributed by atoms with Crippen molar-refractivity contribution in [1.82, 2.24) is 0 Å². The van der Waals surface area contributed by atoms with Crippen molar-refractivity contribution in [3.05, 3.63) is 124 Å². The molecule has 10 heteroatoms. The molecule has 4 aromatic carbocycles. The molecular formula is C33H25ClN2O7. The van der Waals surface area contributed by atoms with Gasteiger partial charge in [0, 0.05) is 0 Å². The number of hydrogen-bond acceptors (Lipinski definition) is 6. The summed E-state index contributed by atoms with van der Waals surface area (Å²) in [6, 6.07) is 25.2. The third-order valence-corrected chi connectivity index (χ3v) is 6.79. The van der Waals surface area contributed by atoms with Gasteiger partial charge in [-0.1, -0.05) is 60.1 Å². The molecule has 9 nitrogen and oxygen atoms in total. The number of carboxylic acid groups (broad SMARTS) is 1. The molecule has 4 aromatic rings. The molecule has 5 rings (SSSR count). The molecule has 1 fully saturated rings. The Morgan fingerprint density at radius 1 is 0.814 bits per heavy atom. The Hall–Kier alpha value is -5.41. The van der Waals surface area contributed by atoms with Gasteiger partial charge in [0.25, 0.3) is 11.8 Å². The van der Waals surface area contributed by atoms with Gasteiger partial charge in [0.05, 0.1) is 28.6 Å². The Balaban J connectivity index is 1.52. The highest BCUT2D eigenvalue weighted by atomic mass is 35.5. The van der Waals surface area contributed by atoms with E-state index in [2.05, 4.69) is 0 Å². The van der Waals surface area contributed by atoms with E-state index in [9.17, 15) is 19.2 Å². The fourth-order valence-corrected chi connectivity index (χ4v) is 4.75. The number of para-hydroxylation sites is 2. The summed E-state index contributed by atoms with van der Waals surface area (Å²) in [5, 5.41) is 9.27. The number of hydrogen-bond donors (Lipinski definition) is 1. The van der Waals surface area contributed by atoms with E-state index in [1.54, 1.807) is 85.8 Å². The fraction of sp³-hybridized carbons (Fsp3) is 0.0909. The van der Waals surface area contributed by atoms with Crippen LogP contribution in [0.3, 0.4) is 0 Å². The average Bonchev–Trinajstić information content (AvgIpc) is 3.00. The average molecular weight is 597 g/mol. The summed E-state index contributed by atoms with van der Waals surface area (Å²) in [5.74, 6) is -2.09. The normalized spacial score (nSPS) is 13.3. The number of amides is 4. The van der Waals surface area contributed by atoms with Gasteiger partial charge in [0.2, 0.25) is 0 Å². The van der Waals surface area contributed by atoms with Gasteiger partial charge in [0.15, 0.2) is 11.5 Å². The van der Waals surface area contributed by atoms with E-state index < -0.39 is 23.8 Å². The summed E-state index contributed by atoms with van der Waals surface area (Å²) in [7, 11) is 0. The number of carbonyl (C=O) groups is 4. The van der Waals surface area contributed by atoms with E-state index in [1.165, 1.54) is 24.3 Å². The van der Waals surface area contributed by atoms with Crippen molar-refractivity contribution in [2.75, 3.05) is 16.4 Å². The largest absolute Gasteiger partial charge is 0.490 e. The van der Waals surface area contributed by atoms with E-state index in [-0.39, 0.29) is 40.9 Å². The van der Waals surface area contributed by atoms with Crippen molar-refractivity contribution in [1.29, 1.82) is 0 Å². The molecule has 43 heavy (non-hydrogen) atoms. The highest BCUT2D eigenvalue weighted by Gasteiger charge is 2.43. The lowest BCUT2D eigenvalue weighted by molar-refractivity contribution is -0.121. The second-order valence-corrected chi connectivity index (χ2v) is 9.75. The molecule has 1 N–H and O–H groups in total. The summed E-state index contributed by atoms with van der Waals surface area (Å²) >= 11 is 6.61. The molecule has 1 saturated heterocycles. The van der Waals surface area contributed by atoms with E-state index in [0.29, 0.717) is 22.5 Å². The minimum atomic E-state index is -1.03. The lowest BCUT2D eigenvalue weighted by atomic mass is 10.0. The minimum absolute atomic E-state index is 0.0806. The van der Waals surface area contributed by atoms with Gasteiger partial charge in [-0.3, -0.25) is 9.59 Å². The second-order valence-electron chi connectivity index (χ2n) is 9.35. The molecule has 1 aliphatic rings. The Morgan fingerprint density at radius 2 is 1.37 bits per heavy atom. The monoisotopic (exact) mass is 596 g/mol. The maximum absolute atomic E-state index is 13.7. The predicted octanol–water partition coefficient (Wildman–Crippen LogP) is 6.60. The van der Waals surface area contributed by atoms with Gasteiger partial charge < -0.3 is 14.6 Å². The summed E-state index contributed by atoms with van der Waals surface area (Å²) < 4.78 is 11.7. The van der Waals surface area contributed by atoms with E-state index in [4.69, 9.17) is 26.2 Å². The molecule has 1 aliphatic heterocycles. The van der Waals surface area contributed by atoms with Crippen LogP contribution < -0.4 is 19.3 Å². The Morgan fingerprint density at radius 3 is 1.88 bits per heavy atom. The number of ether oxygens (including phenoxy) is 2. The van der Waals surface area contributed by atoms with Gasteiger partial charge in [-0.05, 0) is 72.7 Å². The zero-order valence-electron chi connectivity index (χ0n) is 22.9. The highest BCUT2D eigenvalue weighted by molar-refractivity contribution is 6.46. The van der Waals surface area contributed by atoms with Gasteiger partial charge in [-0.2, -0.15) is 0 Å². The van der Waals surface area contributed by atoms with Crippen molar-refractivity contribution in [2.45, 2.75) is 13.5 Å². The first-order valence-corrected chi connectivity index (χ1v) is 13.6. The van der Waals surface area contributed by atoms with Crippen molar-refractivity contribution < 1.29 is 33.8 Å². The number of imide groups is 2. The topological polar surface area (TPSA) is 113 Å². The first-order valence-electron chi connectivity index (χ1n) is 13.2. The number of anilines is 2. The molecule has 0 radical (unpaired) electrons. The molecule has 0 atom stereocenters. The van der Waals surface area contributed by atoms with Crippen LogP contribution in [0.4, 0.5) is 16.2 Å². The van der Waals surface area contributed by atoms with Crippen LogP contribution in [0.25, 0.3) is 6.08 Å². The van der Waals surface area contributed by atoms with Gasteiger partial charge in [-0.15, -0.1) is 0 Å². The number of halogens is 1. The number of urea groups is 1. The standard InChI is InChI=1S/C33H25ClN2O7/c1-2-42-28-19-22(18-27(34)29(28)43-20-21-13-15-23(16-14-21)32(39)40)17-26-30(37)35(24-9-5-3-6-10-24)33(41)36(31(26)38)25-11-7-4-8-12-25/h3-19H,2,20H2,1H3,(H,39,40). The van der Waals surface area contributed by atoms with Crippen LogP contribution in [-0.2, 0) is 16.2 Å². The lowest BCUT2D eigenvalue weighted by Crippen LogP contribution is -2.57. The summed E-state index contributed by atoms with van der Waals surface area (Å²) in [4.78, 5) is 53.9. The lowest BCUT2D eigenvalue weighted by Gasteiger charge is -2.34. The first kappa shape index (κ1) is 29.1. The third-order valence-electron chi connectivity index (χ3n) is 6.51. The minimum Gasteiger partial charge on any atom is -0.490 e. The van der Waals surface area contributed by atoms with Gasteiger partial charge in [0.1, 0.15) is 12.2 Å². The number of carbonyl (C=O) groups excluding carboxylic acids is 3. The van der Waals surface area contributed by atoms with E-state index in [1.807, 2.05) is 0 Å². The Kier molecular flexibility index (Phi) is 8.54. The highest BCUT2D eigenvalue weighted by Crippen LogP contribution is 2.38. The molecule has 4 amide bonds. The number of barbiturate groups is 1. The van der Waals surface area contributed by atoms with Gasteiger partial charge >= 0.3 is 12.0 Å². The zero-order valence-corrected chi connectivity index (χ0v) is 23.7. The summed E-state index contributed by atoms with van der Waals surface area (Å²) in [6.07, 6.45) is 1.37. The van der Waals surface area contributed by atoms with Crippen LogP contribution in [0.5, 0.6) is 11.5 Å². The van der Waals surface area contributed by atoms with Gasteiger partial charge in [-0.25, -0.2) is 19.4 Å². The summed E-state index contributed by atoms with van der Waals surface area (Å²) in [5.41, 5.74) is 1.60. The Labute approximate surface area is 252 Å². The predicted molar refractivity (Wildman–Crippen MR) is 162 cm³/mol. The molecule has 0 unspecified atom stereocenters. The van der Waals surface area contributed by atoms with E-state index >= 15 is 0 Å². The van der Waals surface area contributed by atoms with Crippen LogP contribution in [0.2, 0.25) is 5.02 Å². The SMILES string of the molecule is CCOc1cc(C=C2C(=O)N(c3ccccc3)C(=O)N(c3ccccc3)C2=O)cc(Cl)c1OCc1ccc(C(=O)O)cc1. The summed E-state index contributed by atoms with van der Waals surface area (Å²) in [6.45, 7) is 2.13. The second kappa shape index (κ2) is 12.6. The third kappa shape index (κ3) is 6.12. The van der Waals surface area contributed by atoms with E-state index in [0.717, 1.165) is 9.80 Å². The van der Waals surface area contributed by atoms with Crippen LogP contribution in [0.1, 0.15) is 28.4 Å². The van der Waals surface area contributed by atoms with Crippen LogP contribution in [0.15, 0.2) is 103 Å². The van der Waals surface area contributed by atoms with Crippen molar-refractivity contribution in [3.8, 4) is 11.5 Å². The zero-order chi connectivity index (χ0) is 30.5. The maximum Gasteiger partial charge on any atom is 0.343 e. The quantitative estimate of drug-likeness (QED) is 0.171. The molecule has 1 heterocycles. The van der Waals surface area contributed by atoms with Crippen LogP contribution in [-0.4, -0.2) is 35.5 Å². The number of benzene rings is 4. The first-order chi connectivity index (χ1) is 20.8. The number of nitrogens with zero attached hydrogens (tertiary/aromatic N) is 2. The fourth-order valence-electron chi connectivity index (χ4n) is 4.48. The molecule has 0 spiro atoms. The molecular weight excluding hydrogens is 572 g/mol. The Bertz CT molecular complexity index is 1660. The number of rotatable bonds is 9. The number of carboxylic acids is 1. The van der Waals surface area contributed by atoms with Crippen molar-refractivity contribution in [3.63, 3.8) is 0 Å². The van der Waals surface area contributed by atoms with Crippen LogP contribution in [0, 0.1) is 0 Å². The van der Waals surface area contributed by atoms with Crippen LogP contribution >= 0.6 is 11.6 Å². The molecule has 0 bridgehead atoms. The smallest absolute Gasteiger partial charge is 0.343 e. The maximum atomic E-state index is 13.7. The molecule has 0 saturated carbocycles. The molecule has 0 aliphatic carbocycles. The van der Waals surface area contributed by atoms with Crippen molar-refractivity contribution in [2.24, 2.45) is 0 Å².